The fourth-order valence-corrected chi connectivity index (χ4v) is 3.10. The Morgan fingerprint density at radius 1 is 1.28 bits per heavy atom. The predicted molar refractivity (Wildman–Crippen MR) is 97.4 cm³/mol. The number of rotatable bonds is 5. The maximum atomic E-state index is 12.7. The zero-order valence-corrected chi connectivity index (χ0v) is 14.1. The van der Waals surface area contributed by atoms with Gasteiger partial charge in [-0.1, -0.05) is 29.5 Å². The van der Waals surface area contributed by atoms with Crippen molar-refractivity contribution in [1.82, 2.24) is 4.98 Å². The van der Waals surface area contributed by atoms with Gasteiger partial charge in [0.1, 0.15) is 16.4 Å². The minimum Gasteiger partial charge on any atom is -0.497 e. The molecular weight excluding hydrogens is 336 g/mol. The fourth-order valence-electron chi connectivity index (χ4n) is 2.23. The number of thiazole rings is 1. The van der Waals surface area contributed by atoms with Crippen molar-refractivity contribution < 1.29 is 9.53 Å². The molecule has 7 heteroatoms. The van der Waals surface area contributed by atoms with Crippen LogP contribution < -0.4 is 15.8 Å². The van der Waals surface area contributed by atoms with E-state index in [9.17, 15) is 4.79 Å². The summed E-state index contributed by atoms with van der Waals surface area (Å²) in [6.07, 6.45) is 0. The highest BCUT2D eigenvalue weighted by atomic mass is 32.1. The number of carbonyl (C=O) groups is 1. The van der Waals surface area contributed by atoms with Gasteiger partial charge < -0.3 is 15.8 Å². The molecule has 6 nitrogen and oxygen atoms in total. The second-order valence-corrected chi connectivity index (χ2v) is 6.11. The van der Waals surface area contributed by atoms with E-state index in [1.54, 1.807) is 49.6 Å². The zero-order chi connectivity index (χ0) is 17.8. The maximum absolute atomic E-state index is 12.7. The standard InChI is InChI=1S/C18H14N4O2S/c1-24-14-7-3-5-12(9-14)15(23)16-17(20)22-18(25-16)21-13-6-2-4-11(8-13)10-19/h2-9H,20H2,1H3,(H,21,22). The van der Waals surface area contributed by atoms with E-state index in [0.717, 1.165) is 11.3 Å². The molecule has 0 spiro atoms. The number of nitriles is 1. The average molecular weight is 350 g/mol. The van der Waals surface area contributed by atoms with Crippen LogP contribution >= 0.6 is 11.3 Å². The molecule has 0 saturated carbocycles. The number of benzene rings is 2. The van der Waals surface area contributed by atoms with Gasteiger partial charge in [0, 0.05) is 11.3 Å². The van der Waals surface area contributed by atoms with E-state index >= 15 is 0 Å². The lowest BCUT2D eigenvalue weighted by molar-refractivity contribution is 0.104. The van der Waals surface area contributed by atoms with Crippen LogP contribution in [0.3, 0.4) is 0 Å². The summed E-state index contributed by atoms with van der Waals surface area (Å²) in [6, 6.07) is 15.9. The van der Waals surface area contributed by atoms with Gasteiger partial charge in [0.2, 0.25) is 5.78 Å². The maximum Gasteiger partial charge on any atom is 0.206 e. The zero-order valence-electron chi connectivity index (χ0n) is 13.3. The van der Waals surface area contributed by atoms with Crippen LogP contribution in [0.4, 0.5) is 16.6 Å². The number of ether oxygens (including phenoxy) is 1. The minimum absolute atomic E-state index is 0.164. The summed E-state index contributed by atoms with van der Waals surface area (Å²) < 4.78 is 5.14. The number of carbonyl (C=O) groups excluding carboxylic acids is 1. The van der Waals surface area contributed by atoms with Crippen molar-refractivity contribution in [2.24, 2.45) is 0 Å². The molecule has 0 saturated heterocycles. The monoisotopic (exact) mass is 350 g/mol. The van der Waals surface area contributed by atoms with E-state index in [-0.39, 0.29) is 11.6 Å². The van der Waals surface area contributed by atoms with Gasteiger partial charge in [-0.05, 0) is 30.3 Å². The van der Waals surface area contributed by atoms with Crippen LogP contribution in [0.2, 0.25) is 0 Å². The van der Waals surface area contributed by atoms with Crippen LogP contribution in [0, 0.1) is 11.3 Å². The third kappa shape index (κ3) is 3.59. The molecule has 0 atom stereocenters. The molecule has 2 aromatic carbocycles. The Bertz CT molecular complexity index is 975. The van der Waals surface area contributed by atoms with Crippen molar-refractivity contribution in [3.8, 4) is 11.8 Å². The number of nitrogens with zero attached hydrogens (tertiary/aromatic N) is 2. The second-order valence-electron chi connectivity index (χ2n) is 5.11. The van der Waals surface area contributed by atoms with Gasteiger partial charge in [0.05, 0.1) is 18.7 Å². The SMILES string of the molecule is COc1cccc(C(=O)c2sc(Nc3cccc(C#N)c3)nc2N)c1. The fraction of sp³-hybridized carbons (Fsp3) is 0.0556. The van der Waals surface area contributed by atoms with Crippen molar-refractivity contribution in [2.75, 3.05) is 18.2 Å². The Hall–Kier alpha value is -3.37. The molecule has 124 valence electrons. The van der Waals surface area contributed by atoms with Gasteiger partial charge in [0.25, 0.3) is 0 Å². The summed E-state index contributed by atoms with van der Waals surface area (Å²) in [5.74, 6) is 0.546. The first-order chi connectivity index (χ1) is 12.1. The van der Waals surface area contributed by atoms with Crippen molar-refractivity contribution >= 4 is 33.8 Å². The number of aromatic nitrogens is 1. The molecule has 0 fully saturated rings. The molecule has 0 bridgehead atoms. The molecule has 0 unspecified atom stereocenters. The number of nitrogen functional groups attached to an aromatic ring is 1. The molecule has 0 aliphatic carbocycles. The van der Waals surface area contributed by atoms with Crippen molar-refractivity contribution in [3.63, 3.8) is 0 Å². The molecule has 3 N–H and O–H groups in total. The van der Waals surface area contributed by atoms with Crippen LogP contribution in [0.5, 0.6) is 5.75 Å². The van der Waals surface area contributed by atoms with E-state index in [1.165, 1.54) is 0 Å². The Morgan fingerprint density at radius 2 is 2.08 bits per heavy atom. The molecule has 0 radical (unpaired) electrons. The van der Waals surface area contributed by atoms with E-state index in [4.69, 9.17) is 15.7 Å². The molecular formula is C18H14N4O2S. The van der Waals surface area contributed by atoms with Crippen LogP contribution in [0.15, 0.2) is 48.5 Å². The van der Waals surface area contributed by atoms with Crippen LogP contribution in [0.1, 0.15) is 20.8 Å². The van der Waals surface area contributed by atoms with Crippen LogP contribution in [-0.2, 0) is 0 Å². The number of methoxy groups -OCH3 is 1. The molecule has 25 heavy (non-hydrogen) atoms. The van der Waals surface area contributed by atoms with Crippen LogP contribution in [0.25, 0.3) is 0 Å². The first-order valence-electron chi connectivity index (χ1n) is 7.33. The highest BCUT2D eigenvalue weighted by Crippen LogP contribution is 2.30. The van der Waals surface area contributed by atoms with Gasteiger partial charge in [-0.3, -0.25) is 4.79 Å². The molecule has 0 amide bonds. The molecule has 1 aromatic heterocycles. The van der Waals surface area contributed by atoms with E-state index in [0.29, 0.717) is 32.6 Å². The number of hydrogen-bond donors (Lipinski definition) is 2. The van der Waals surface area contributed by atoms with E-state index < -0.39 is 0 Å². The molecule has 1 heterocycles. The molecule has 0 aliphatic heterocycles. The number of anilines is 3. The molecule has 3 rings (SSSR count). The van der Waals surface area contributed by atoms with Crippen molar-refractivity contribution in [1.29, 1.82) is 5.26 Å². The summed E-state index contributed by atoms with van der Waals surface area (Å²) in [5.41, 5.74) is 7.63. The lowest BCUT2D eigenvalue weighted by Gasteiger charge is -2.03. The number of ketones is 1. The van der Waals surface area contributed by atoms with E-state index in [1.807, 2.05) is 6.07 Å². The van der Waals surface area contributed by atoms with Crippen molar-refractivity contribution in [2.45, 2.75) is 0 Å². The van der Waals surface area contributed by atoms with Gasteiger partial charge >= 0.3 is 0 Å². The highest BCUT2D eigenvalue weighted by Gasteiger charge is 2.18. The van der Waals surface area contributed by atoms with Gasteiger partial charge in [0.15, 0.2) is 5.13 Å². The summed E-state index contributed by atoms with van der Waals surface area (Å²) in [6.45, 7) is 0. The Labute approximate surface area is 148 Å². The van der Waals surface area contributed by atoms with E-state index in [2.05, 4.69) is 16.4 Å². The topological polar surface area (TPSA) is 101 Å². The summed E-state index contributed by atoms with van der Waals surface area (Å²) in [4.78, 5) is 17.2. The number of nitrogens with two attached hydrogens (primary N) is 1. The normalized spacial score (nSPS) is 10.1. The third-order valence-electron chi connectivity index (χ3n) is 3.43. The number of hydrogen-bond acceptors (Lipinski definition) is 7. The van der Waals surface area contributed by atoms with Gasteiger partial charge in [-0.25, -0.2) is 4.98 Å². The Morgan fingerprint density at radius 3 is 2.84 bits per heavy atom. The number of nitrogens with one attached hydrogen (secondary N) is 1. The first kappa shape index (κ1) is 16.5. The summed E-state index contributed by atoms with van der Waals surface area (Å²) >= 11 is 1.16. The Kier molecular flexibility index (Phi) is 4.64. The van der Waals surface area contributed by atoms with Crippen molar-refractivity contribution in [3.05, 3.63) is 64.5 Å². The quantitative estimate of drug-likeness (QED) is 0.682. The van der Waals surface area contributed by atoms with Crippen LogP contribution in [-0.4, -0.2) is 17.9 Å². The third-order valence-corrected chi connectivity index (χ3v) is 4.42. The molecule has 0 aliphatic rings. The van der Waals surface area contributed by atoms with Gasteiger partial charge in [-0.2, -0.15) is 5.26 Å². The second kappa shape index (κ2) is 7.03. The highest BCUT2D eigenvalue weighted by molar-refractivity contribution is 7.18. The summed E-state index contributed by atoms with van der Waals surface area (Å²) in [7, 11) is 1.54. The Balaban J connectivity index is 1.86. The minimum atomic E-state index is -0.215. The smallest absolute Gasteiger partial charge is 0.206 e. The molecule has 3 aromatic rings. The first-order valence-corrected chi connectivity index (χ1v) is 8.14. The van der Waals surface area contributed by atoms with Gasteiger partial charge in [-0.15, -0.1) is 0 Å². The lowest BCUT2D eigenvalue weighted by atomic mass is 10.1. The largest absolute Gasteiger partial charge is 0.497 e. The average Bonchev–Trinajstić information content (AvgIpc) is 3.01. The lowest BCUT2D eigenvalue weighted by Crippen LogP contribution is -2.02. The predicted octanol–water partition coefficient (Wildman–Crippen LogP) is 3.58. The summed E-state index contributed by atoms with van der Waals surface area (Å²) in [5, 5.41) is 12.5.